The van der Waals surface area contributed by atoms with E-state index in [0.717, 1.165) is 13.7 Å². The van der Waals surface area contributed by atoms with E-state index in [4.69, 9.17) is 0 Å². The van der Waals surface area contributed by atoms with Crippen LogP contribution in [-0.4, -0.2) is 14.7 Å². The van der Waals surface area contributed by atoms with Crippen molar-refractivity contribution in [2.24, 2.45) is 0 Å². The van der Waals surface area contributed by atoms with E-state index in [1.807, 2.05) is 13.0 Å². The maximum atomic E-state index is 11.8. The summed E-state index contributed by atoms with van der Waals surface area (Å²) in [6.45, 7) is 3.32. The first-order chi connectivity index (χ1) is 8.43. The van der Waals surface area contributed by atoms with Crippen molar-refractivity contribution in [3.05, 3.63) is 53.7 Å². The number of aromatic nitrogens is 2. The van der Waals surface area contributed by atoms with Gasteiger partial charge in [0, 0.05) is 3.57 Å². The molecule has 0 unspecified atom stereocenters. The molecule has 1 heterocycles. The van der Waals surface area contributed by atoms with Crippen LogP contribution in [0.3, 0.4) is 0 Å². The van der Waals surface area contributed by atoms with E-state index >= 15 is 0 Å². The number of halogens is 1. The highest BCUT2D eigenvalue weighted by atomic mass is 127. The molecule has 0 aliphatic rings. The highest BCUT2D eigenvalue weighted by Crippen LogP contribution is 2.22. The van der Waals surface area contributed by atoms with Crippen LogP contribution in [0.25, 0.3) is 5.69 Å². The molecule has 0 atom stereocenters. The van der Waals surface area contributed by atoms with Gasteiger partial charge in [0.2, 0.25) is 5.88 Å². The third kappa shape index (κ3) is 1.96. The van der Waals surface area contributed by atoms with E-state index in [1.54, 1.807) is 12.1 Å². The predicted molar refractivity (Wildman–Crippen MR) is 76.5 cm³/mol. The normalized spacial score (nSPS) is 10.6. The molecule has 0 saturated carbocycles. The van der Waals surface area contributed by atoms with E-state index in [1.165, 1.54) is 6.92 Å². The van der Waals surface area contributed by atoms with Crippen molar-refractivity contribution in [1.29, 1.82) is 0 Å². The second-order valence-electron chi connectivity index (χ2n) is 3.93. The average Bonchev–Trinajstić information content (AvgIpc) is 2.32. The van der Waals surface area contributed by atoms with Crippen molar-refractivity contribution in [2.45, 2.75) is 13.8 Å². The molecule has 5 nitrogen and oxygen atoms in total. The van der Waals surface area contributed by atoms with Crippen molar-refractivity contribution < 1.29 is 5.11 Å². The molecule has 2 aromatic rings. The minimum atomic E-state index is -0.645. The molecule has 0 aliphatic carbocycles. The second-order valence-corrected chi connectivity index (χ2v) is 5.09. The van der Waals surface area contributed by atoms with Gasteiger partial charge in [-0.05, 0) is 54.1 Å². The fraction of sp³-hybridized carbons (Fsp3) is 0.167. The molecule has 0 aliphatic heterocycles. The standard InChI is InChI=1S/C12H11IN2O3/c1-6-8(13)4-3-5-9(6)15-11(17)7(2)10(16)14-12(15)18/h3-5,17H,1-2H3,(H,14,16,18). The Bertz CT molecular complexity index is 731. The number of hydrogen-bond acceptors (Lipinski definition) is 3. The Labute approximate surface area is 116 Å². The fourth-order valence-electron chi connectivity index (χ4n) is 1.67. The van der Waals surface area contributed by atoms with Gasteiger partial charge in [0.25, 0.3) is 5.56 Å². The number of H-pyrrole nitrogens is 1. The Morgan fingerprint density at radius 1 is 1.22 bits per heavy atom. The molecule has 1 aromatic heterocycles. The van der Waals surface area contributed by atoms with Crippen LogP contribution in [0.5, 0.6) is 5.88 Å². The van der Waals surface area contributed by atoms with Gasteiger partial charge in [-0.2, -0.15) is 0 Å². The van der Waals surface area contributed by atoms with Gasteiger partial charge in [-0.25, -0.2) is 9.36 Å². The summed E-state index contributed by atoms with van der Waals surface area (Å²) in [5, 5.41) is 9.97. The van der Waals surface area contributed by atoms with Crippen LogP contribution in [0.15, 0.2) is 27.8 Å². The summed E-state index contributed by atoms with van der Waals surface area (Å²) in [5.74, 6) is -0.325. The summed E-state index contributed by atoms with van der Waals surface area (Å²) < 4.78 is 2.08. The van der Waals surface area contributed by atoms with E-state index in [9.17, 15) is 14.7 Å². The third-order valence-electron chi connectivity index (χ3n) is 2.79. The van der Waals surface area contributed by atoms with Crippen LogP contribution in [0, 0.1) is 17.4 Å². The van der Waals surface area contributed by atoms with Crippen molar-refractivity contribution in [3.8, 4) is 11.6 Å². The molecule has 2 rings (SSSR count). The average molecular weight is 358 g/mol. The summed E-state index contributed by atoms with van der Waals surface area (Å²) in [6, 6.07) is 5.41. The maximum absolute atomic E-state index is 11.8. The Balaban J connectivity index is 2.88. The van der Waals surface area contributed by atoms with Gasteiger partial charge in [0.15, 0.2) is 0 Å². The van der Waals surface area contributed by atoms with Gasteiger partial charge in [-0.3, -0.25) is 9.78 Å². The number of aromatic hydroxyl groups is 1. The van der Waals surface area contributed by atoms with Gasteiger partial charge in [0.05, 0.1) is 11.3 Å². The van der Waals surface area contributed by atoms with E-state index in [-0.39, 0.29) is 11.4 Å². The van der Waals surface area contributed by atoms with Crippen molar-refractivity contribution >= 4 is 22.6 Å². The number of rotatable bonds is 1. The molecule has 94 valence electrons. The lowest BCUT2D eigenvalue weighted by Crippen LogP contribution is -2.30. The minimum absolute atomic E-state index is 0.118. The van der Waals surface area contributed by atoms with Crippen LogP contribution in [0.2, 0.25) is 0 Å². The zero-order valence-corrected chi connectivity index (χ0v) is 12.0. The summed E-state index contributed by atoms with van der Waals surface area (Å²) >= 11 is 2.15. The second kappa shape index (κ2) is 4.60. The van der Waals surface area contributed by atoms with Crippen LogP contribution in [0.1, 0.15) is 11.1 Å². The molecular formula is C12H11IN2O3. The third-order valence-corrected chi connectivity index (χ3v) is 3.96. The predicted octanol–water partition coefficient (Wildman–Crippen LogP) is 1.45. The quantitative estimate of drug-likeness (QED) is 0.758. The Morgan fingerprint density at radius 3 is 2.56 bits per heavy atom. The van der Waals surface area contributed by atoms with Crippen molar-refractivity contribution in [3.63, 3.8) is 0 Å². The van der Waals surface area contributed by atoms with E-state index < -0.39 is 11.2 Å². The van der Waals surface area contributed by atoms with Gasteiger partial charge in [0.1, 0.15) is 0 Å². The minimum Gasteiger partial charge on any atom is -0.494 e. The number of nitrogens with one attached hydrogen (secondary N) is 1. The maximum Gasteiger partial charge on any atom is 0.335 e. The molecule has 0 fully saturated rings. The van der Waals surface area contributed by atoms with Gasteiger partial charge in [-0.1, -0.05) is 6.07 Å². The lowest BCUT2D eigenvalue weighted by atomic mass is 10.2. The van der Waals surface area contributed by atoms with Crippen molar-refractivity contribution in [1.82, 2.24) is 9.55 Å². The summed E-state index contributed by atoms with van der Waals surface area (Å²) in [6.07, 6.45) is 0. The molecule has 1 aromatic carbocycles. The smallest absolute Gasteiger partial charge is 0.335 e. The van der Waals surface area contributed by atoms with Crippen LogP contribution < -0.4 is 11.2 Å². The fourth-order valence-corrected chi connectivity index (χ4v) is 2.16. The first kappa shape index (κ1) is 12.9. The molecule has 0 spiro atoms. The summed E-state index contributed by atoms with van der Waals surface area (Å²) in [5.41, 5.74) is 0.323. The van der Waals surface area contributed by atoms with Gasteiger partial charge in [-0.15, -0.1) is 0 Å². The monoisotopic (exact) mass is 358 g/mol. The van der Waals surface area contributed by atoms with Crippen LogP contribution >= 0.6 is 22.6 Å². The van der Waals surface area contributed by atoms with Gasteiger partial charge < -0.3 is 5.11 Å². The number of benzene rings is 1. The molecule has 0 amide bonds. The van der Waals surface area contributed by atoms with Crippen LogP contribution in [-0.2, 0) is 0 Å². The molecule has 6 heteroatoms. The molecule has 0 bridgehead atoms. The SMILES string of the molecule is Cc1c(I)cccc1-n1c(O)c(C)c(=O)[nH]c1=O. The largest absolute Gasteiger partial charge is 0.494 e. The topological polar surface area (TPSA) is 75.1 Å². The summed E-state index contributed by atoms with van der Waals surface area (Å²) in [4.78, 5) is 25.4. The first-order valence-electron chi connectivity index (χ1n) is 5.24. The molecular weight excluding hydrogens is 347 g/mol. The Hall–Kier alpha value is -1.57. The number of nitrogens with zero attached hydrogens (tertiary/aromatic N) is 1. The zero-order chi connectivity index (χ0) is 13.4. The molecule has 18 heavy (non-hydrogen) atoms. The molecule has 2 N–H and O–H groups in total. The molecule has 0 radical (unpaired) electrons. The first-order valence-corrected chi connectivity index (χ1v) is 6.31. The zero-order valence-electron chi connectivity index (χ0n) is 9.82. The Kier molecular flexibility index (Phi) is 3.29. The highest BCUT2D eigenvalue weighted by Gasteiger charge is 2.14. The number of aromatic amines is 1. The number of hydrogen-bond donors (Lipinski definition) is 2. The Morgan fingerprint density at radius 2 is 1.89 bits per heavy atom. The lowest BCUT2D eigenvalue weighted by Gasteiger charge is -2.12. The molecule has 0 saturated heterocycles. The van der Waals surface area contributed by atoms with Gasteiger partial charge >= 0.3 is 5.69 Å². The van der Waals surface area contributed by atoms with Crippen LogP contribution in [0.4, 0.5) is 0 Å². The summed E-state index contributed by atoms with van der Waals surface area (Å²) in [7, 11) is 0. The van der Waals surface area contributed by atoms with E-state index in [0.29, 0.717) is 5.69 Å². The van der Waals surface area contributed by atoms with Crippen molar-refractivity contribution in [2.75, 3.05) is 0 Å². The highest BCUT2D eigenvalue weighted by molar-refractivity contribution is 14.1. The van der Waals surface area contributed by atoms with E-state index in [2.05, 4.69) is 27.6 Å². The lowest BCUT2D eigenvalue weighted by molar-refractivity contribution is 0.426.